The molecule has 0 unspecified atom stereocenters. The molecule has 1 saturated heterocycles. The van der Waals surface area contributed by atoms with Crippen LogP contribution < -0.4 is 0 Å². The fourth-order valence-electron chi connectivity index (χ4n) is 4.74. The lowest BCUT2D eigenvalue weighted by Gasteiger charge is -2.44. The van der Waals surface area contributed by atoms with E-state index in [0.717, 1.165) is 6.42 Å². The average molecular weight is 643 g/mol. The van der Waals surface area contributed by atoms with Gasteiger partial charge >= 0.3 is 0 Å². The van der Waals surface area contributed by atoms with Crippen LogP contribution in [-0.2, 0) is 24.4 Å². The van der Waals surface area contributed by atoms with E-state index < -0.39 is 25.0 Å². The highest BCUT2D eigenvalue weighted by molar-refractivity contribution is 6.75. The van der Waals surface area contributed by atoms with Gasteiger partial charge in [0.05, 0.1) is 18.8 Å². The van der Waals surface area contributed by atoms with Gasteiger partial charge in [0.25, 0.3) is 0 Å². The van der Waals surface area contributed by atoms with E-state index in [1.54, 1.807) is 0 Å². The molecule has 4 atom stereocenters. The Bertz CT molecular complexity index is 1190. The lowest BCUT2D eigenvalue weighted by atomic mass is 9.94. The Morgan fingerprint density at radius 1 is 0.581 bits per heavy atom. The Morgan fingerprint density at radius 2 is 1.02 bits per heavy atom. The van der Waals surface area contributed by atoms with Crippen molar-refractivity contribution in [1.82, 2.24) is 0 Å². The maximum atomic E-state index is 7.36. The van der Waals surface area contributed by atoms with E-state index in [4.69, 9.17) is 18.0 Å². The molecule has 0 bridgehead atoms. The fraction of sp³-hybridized carbons (Fsp3) is 0.667. The van der Waals surface area contributed by atoms with Gasteiger partial charge in [0, 0.05) is 6.42 Å². The summed E-state index contributed by atoms with van der Waals surface area (Å²) in [6.07, 6.45) is 0.0763. The third-order valence-electron chi connectivity index (χ3n) is 10.8. The van der Waals surface area contributed by atoms with Crippen molar-refractivity contribution in [2.45, 2.75) is 148 Å². The Balaban J connectivity index is 2.09. The summed E-state index contributed by atoms with van der Waals surface area (Å²) in [5, 5.41) is 0.251. The SMILES string of the molecule is CC(C)(C)[Si](C)(C)OC[C@H]1O[C@@H](Cc2ccccc2-c2ccccc2)[C@H](O[Si](C)(C)C(C)(C)C)[C@@H]1O[Si](C)(C)C(C)(C)C. The molecule has 2 aromatic rings. The van der Waals surface area contributed by atoms with Crippen LogP contribution >= 0.6 is 0 Å². The molecule has 1 fully saturated rings. The van der Waals surface area contributed by atoms with Gasteiger partial charge in [-0.25, -0.2) is 0 Å². The minimum Gasteiger partial charge on any atom is -0.414 e. The normalized spacial score (nSPS) is 22.7. The van der Waals surface area contributed by atoms with E-state index in [1.165, 1.54) is 16.7 Å². The molecular weight excluding hydrogens is 581 g/mol. The van der Waals surface area contributed by atoms with Gasteiger partial charge in [-0.05, 0) is 71.1 Å². The molecular formula is C36H62O4Si3. The Hall–Kier alpha value is -1.07. The maximum Gasteiger partial charge on any atom is 0.192 e. The third-order valence-corrected chi connectivity index (χ3v) is 24.3. The van der Waals surface area contributed by atoms with Gasteiger partial charge < -0.3 is 18.0 Å². The molecule has 0 spiro atoms. The Morgan fingerprint density at radius 3 is 1.51 bits per heavy atom. The molecule has 1 aliphatic heterocycles. The predicted octanol–water partition coefficient (Wildman–Crippen LogP) is 10.5. The molecule has 242 valence electrons. The molecule has 2 aromatic carbocycles. The summed E-state index contributed by atoms with van der Waals surface area (Å²) in [5.41, 5.74) is 3.75. The summed E-state index contributed by atoms with van der Waals surface area (Å²) in [6.45, 7) is 35.4. The maximum absolute atomic E-state index is 7.36. The van der Waals surface area contributed by atoms with E-state index >= 15 is 0 Å². The van der Waals surface area contributed by atoms with Crippen LogP contribution in [0.25, 0.3) is 11.1 Å². The molecule has 0 aromatic heterocycles. The Kier molecular flexibility index (Phi) is 11.0. The number of ether oxygens (including phenoxy) is 1. The lowest BCUT2D eigenvalue weighted by Crippen LogP contribution is -2.55. The van der Waals surface area contributed by atoms with Crippen molar-refractivity contribution in [3.63, 3.8) is 0 Å². The second-order valence-electron chi connectivity index (χ2n) is 17.2. The van der Waals surface area contributed by atoms with Gasteiger partial charge in [-0.3, -0.25) is 0 Å². The minimum atomic E-state index is -2.17. The molecule has 0 radical (unpaired) electrons. The summed E-state index contributed by atoms with van der Waals surface area (Å²) < 4.78 is 28.6. The summed E-state index contributed by atoms with van der Waals surface area (Å²) in [7, 11) is -6.33. The van der Waals surface area contributed by atoms with Crippen LogP contribution in [0.1, 0.15) is 67.9 Å². The molecule has 1 heterocycles. The highest BCUT2D eigenvalue weighted by Gasteiger charge is 2.54. The van der Waals surface area contributed by atoms with E-state index in [-0.39, 0.29) is 39.5 Å². The van der Waals surface area contributed by atoms with Crippen LogP contribution in [0.5, 0.6) is 0 Å². The van der Waals surface area contributed by atoms with Gasteiger partial charge in [0.2, 0.25) is 0 Å². The van der Waals surface area contributed by atoms with E-state index in [2.05, 4.69) is 156 Å². The van der Waals surface area contributed by atoms with Gasteiger partial charge in [-0.15, -0.1) is 0 Å². The first-order valence-corrected chi connectivity index (χ1v) is 25.0. The zero-order valence-electron chi connectivity index (χ0n) is 30.1. The molecule has 7 heteroatoms. The molecule has 4 nitrogen and oxygen atoms in total. The quantitative estimate of drug-likeness (QED) is 0.242. The number of hydrogen-bond acceptors (Lipinski definition) is 4. The number of hydrogen-bond donors (Lipinski definition) is 0. The summed E-state index contributed by atoms with van der Waals surface area (Å²) >= 11 is 0. The first-order valence-electron chi connectivity index (χ1n) is 16.3. The zero-order chi connectivity index (χ0) is 32.6. The van der Waals surface area contributed by atoms with Crippen molar-refractivity contribution >= 4 is 25.0 Å². The summed E-state index contributed by atoms with van der Waals surface area (Å²) in [6, 6.07) is 19.4. The standard InChI is InChI=1S/C36H62O4Si3/c1-34(2,3)41(10,11)37-26-31-33(40-43(14,15)36(7,8)9)32(39-42(12,13)35(4,5)6)30(38-31)25-28-23-19-20-24-29(28)27-21-17-16-18-22-27/h16-24,30-33H,25-26H2,1-15H3/t30-,31+,32-,33+/m0/s1. The van der Waals surface area contributed by atoms with Crippen LogP contribution in [0.2, 0.25) is 54.4 Å². The highest BCUT2D eigenvalue weighted by Crippen LogP contribution is 2.45. The fourth-order valence-corrected chi connectivity index (χ4v) is 8.40. The van der Waals surface area contributed by atoms with E-state index in [9.17, 15) is 0 Å². The van der Waals surface area contributed by atoms with Crippen molar-refractivity contribution in [2.24, 2.45) is 0 Å². The highest BCUT2D eigenvalue weighted by atomic mass is 28.4. The van der Waals surface area contributed by atoms with Crippen LogP contribution in [0.4, 0.5) is 0 Å². The molecule has 0 saturated carbocycles. The summed E-state index contributed by atoms with van der Waals surface area (Å²) in [5.74, 6) is 0. The topological polar surface area (TPSA) is 36.9 Å². The summed E-state index contributed by atoms with van der Waals surface area (Å²) in [4.78, 5) is 0. The van der Waals surface area contributed by atoms with Crippen LogP contribution in [0.3, 0.4) is 0 Å². The first-order chi connectivity index (χ1) is 19.5. The number of benzene rings is 2. The van der Waals surface area contributed by atoms with Crippen LogP contribution in [-0.4, -0.2) is 56.0 Å². The van der Waals surface area contributed by atoms with Crippen molar-refractivity contribution < 1.29 is 18.0 Å². The second kappa shape index (κ2) is 13.0. The monoisotopic (exact) mass is 642 g/mol. The molecule has 3 rings (SSSR count). The smallest absolute Gasteiger partial charge is 0.192 e. The van der Waals surface area contributed by atoms with Crippen LogP contribution in [0, 0.1) is 0 Å². The van der Waals surface area contributed by atoms with E-state index in [1.807, 2.05) is 0 Å². The Labute approximate surface area is 267 Å². The van der Waals surface area contributed by atoms with Gasteiger partial charge in [-0.1, -0.05) is 117 Å². The van der Waals surface area contributed by atoms with Crippen LogP contribution in [0.15, 0.2) is 54.6 Å². The number of rotatable bonds is 10. The predicted molar refractivity (Wildman–Crippen MR) is 192 cm³/mol. The van der Waals surface area contributed by atoms with Crippen molar-refractivity contribution in [3.05, 3.63) is 60.2 Å². The zero-order valence-corrected chi connectivity index (χ0v) is 33.1. The average Bonchev–Trinajstić information content (AvgIpc) is 3.16. The molecule has 1 aliphatic rings. The van der Waals surface area contributed by atoms with Crippen molar-refractivity contribution in [3.8, 4) is 11.1 Å². The van der Waals surface area contributed by atoms with Gasteiger partial charge in [-0.2, -0.15) is 0 Å². The minimum absolute atomic E-state index is 0.0662. The molecule has 0 amide bonds. The molecule has 43 heavy (non-hydrogen) atoms. The lowest BCUT2D eigenvalue weighted by molar-refractivity contribution is -0.0159. The van der Waals surface area contributed by atoms with Gasteiger partial charge in [0.15, 0.2) is 25.0 Å². The van der Waals surface area contributed by atoms with Crippen molar-refractivity contribution in [1.29, 1.82) is 0 Å². The molecule has 0 N–H and O–H groups in total. The first kappa shape index (κ1) is 36.4. The second-order valence-corrected chi connectivity index (χ2v) is 31.5. The van der Waals surface area contributed by atoms with Gasteiger partial charge in [0.1, 0.15) is 12.2 Å². The molecule has 0 aliphatic carbocycles. The van der Waals surface area contributed by atoms with Crippen molar-refractivity contribution in [2.75, 3.05) is 6.61 Å². The van der Waals surface area contributed by atoms with E-state index in [0.29, 0.717) is 6.61 Å². The largest absolute Gasteiger partial charge is 0.414 e. The third kappa shape index (κ3) is 8.60.